The first-order valence-corrected chi connectivity index (χ1v) is 8.40. The molecule has 0 bridgehead atoms. The van der Waals surface area contributed by atoms with Crippen molar-refractivity contribution in [2.75, 3.05) is 0 Å². The van der Waals surface area contributed by atoms with E-state index in [-0.39, 0.29) is 15.2 Å². The van der Waals surface area contributed by atoms with Crippen molar-refractivity contribution in [1.29, 1.82) is 0 Å². The number of thiazole rings is 1. The van der Waals surface area contributed by atoms with Crippen LogP contribution in [-0.4, -0.2) is 13.4 Å². The van der Waals surface area contributed by atoms with Crippen LogP contribution < -0.4 is 4.72 Å². The highest BCUT2D eigenvalue weighted by Gasteiger charge is 2.17. The smallest absolute Gasteiger partial charge is 0.232 e. The van der Waals surface area contributed by atoms with Gasteiger partial charge in [-0.15, -0.1) is 0 Å². The van der Waals surface area contributed by atoms with Crippen molar-refractivity contribution in [3.8, 4) is 0 Å². The number of hydrogen-bond acceptors (Lipinski definition) is 4. The summed E-state index contributed by atoms with van der Waals surface area (Å²) < 4.78 is 40.0. The van der Waals surface area contributed by atoms with Crippen molar-refractivity contribution in [2.24, 2.45) is 0 Å². The number of aromatic nitrogens is 1. The third-order valence-electron chi connectivity index (χ3n) is 2.18. The lowest BCUT2D eigenvalue weighted by Gasteiger charge is -2.06. The lowest BCUT2D eigenvalue weighted by Crippen LogP contribution is -2.22. The summed E-state index contributed by atoms with van der Waals surface area (Å²) in [6, 6.07) is 4.06. The van der Waals surface area contributed by atoms with Gasteiger partial charge in [0, 0.05) is 11.0 Å². The summed E-state index contributed by atoms with van der Waals surface area (Å²) in [5.74, 6) is -0.432. The summed E-state index contributed by atoms with van der Waals surface area (Å²) in [6.45, 7) is -0.0316. The fourth-order valence-corrected chi connectivity index (χ4v) is 4.02. The van der Waals surface area contributed by atoms with Crippen molar-refractivity contribution in [3.05, 3.63) is 44.7 Å². The molecule has 0 saturated carbocycles. The molecule has 0 aliphatic heterocycles. The molecule has 0 fully saturated rings. The molecule has 1 heterocycles. The minimum Gasteiger partial charge on any atom is -0.232 e. The van der Waals surface area contributed by atoms with Crippen molar-refractivity contribution >= 4 is 48.9 Å². The van der Waals surface area contributed by atoms with Gasteiger partial charge in [-0.25, -0.2) is 22.5 Å². The van der Waals surface area contributed by atoms with Crippen molar-refractivity contribution in [2.45, 2.75) is 10.8 Å². The minimum absolute atomic E-state index is 0.0185. The SMILES string of the molecule is O=S(=O)(NCc1cc(F)ccc1Br)c1cnc(Cl)s1. The Balaban J connectivity index is 2.16. The van der Waals surface area contributed by atoms with Crippen LogP contribution in [0.2, 0.25) is 4.47 Å². The minimum atomic E-state index is -3.69. The van der Waals surface area contributed by atoms with Crippen LogP contribution in [0.4, 0.5) is 4.39 Å². The highest BCUT2D eigenvalue weighted by Crippen LogP contribution is 2.23. The Kier molecular flexibility index (Phi) is 4.57. The van der Waals surface area contributed by atoms with E-state index < -0.39 is 15.8 Å². The van der Waals surface area contributed by atoms with E-state index in [9.17, 15) is 12.8 Å². The number of nitrogens with one attached hydrogen (secondary N) is 1. The Morgan fingerprint density at radius 2 is 2.21 bits per heavy atom. The van der Waals surface area contributed by atoms with E-state index in [0.29, 0.717) is 10.0 Å². The Bertz CT molecular complexity index is 705. The number of nitrogens with zero attached hydrogens (tertiary/aromatic N) is 1. The van der Waals surface area contributed by atoms with E-state index in [2.05, 4.69) is 25.6 Å². The van der Waals surface area contributed by atoms with E-state index in [1.54, 1.807) is 0 Å². The number of sulfonamides is 1. The molecule has 1 N–H and O–H groups in total. The van der Waals surface area contributed by atoms with E-state index in [4.69, 9.17) is 11.6 Å². The van der Waals surface area contributed by atoms with Gasteiger partial charge in [0.15, 0.2) is 8.68 Å². The zero-order valence-corrected chi connectivity index (χ0v) is 13.2. The summed E-state index contributed by atoms with van der Waals surface area (Å²) in [7, 11) is -3.69. The van der Waals surface area contributed by atoms with Crippen LogP contribution in [0, 0.1) is 5.82 Å². The number of rotatable bonds is 4. The summed E-state index contributed by atoms with van der Waals surface area (Å²) in [5, 5.41) is 0. The fourth-order valence-electron chi connectivity index (χ4n) is 1.29. The second-order valence-electron chi connectivity index (χ2n) is 3.49. The third kappa shape index (κ3) is 3.73. The molecule has 0 aliphatic rings. The van der Waals surface area contributed by atoms with Crippen molar-refractivity contribution in [3.63, 3.8) is 0 Å². The first kappa shape index (κ1) is 14.9. The van der Waals surface area contributed by atoms with Crippen LogP contribution in [0.15, 0.2) is 33.1 Å². The second-order valence-corrected chi connectivity index (χ2v) is 7.95. The van der Waals surface area contributed by atoms with Crippen molar-refractivity contribution < 1.29 is 12.8 Å². The average Bonchev–Trinajstić information content (AvgIpc) is 2.78. The van der Waals surface area contributed by atoms with E-state index >= 15 is 0 Å². The van der Waals surface area contributed by atoms with Gasteiger partial charge in [0.25, 0.3) is 10.0 Å². The maximum Gasteiger partial charge on any atom is 0.252 e. The quantitative estimate of drug-likeness (QED) is 0.879. The molecule has 19 heavy (non-hydrogen) atoms. The van der Waals surface area contributed by atoms with Gasteiger partial charge in [0.2, 0.25) is 0 Å². The molecule has 0 aliphatic carbocycles. The lowest BCUT2D eigenvalue weighted by molar-refractivity contribution is 0.582. The monoisotopic (exact) mass is 384 g/mol. The topological polar surface area (TPSA) is 59.1 Å². The van der Waals surface area contributed by atoms with Gasteiger partial charge >= 0.3 is 0 Å². The molecule has 0 saturated heterocycles. The van der Waals surface area contributed by atoms with Crippen LogP contribution in [-0.2, 0) is 16.6 Å². The van der Waals surface area contributed by atoms with Gasteiger partial charge in [0.1, 0.15) is 5.82 Å². The van der Waals surface area contributed by atoms with Crippen LogP contribution in [0.5, 0.6) is 0 Å². The molecule has 0 atom stereocenters. The van der Waals surface area contributed by atoms with Gasteiger partial charge in [-0.2, -0.15) is 0 Å². The average molecular weight is 386 g/mol. The highest BCUT2D eigenvalue weighted by atomic mass is 79.9. The van der Waals surface area contributed by atoms with Gasteiger partial charge in [0.05, 0.1) is 6.20 Å². The molecule has 2 rings (SSSR count). The first-order valence-electron chi connectivity index (χ1n) is 4.93. The van der Waals surface area contributed by atoms with Crippen LogP contribution in [0.25, 0.3) is 0 Å². The van der Waals surface area contributed by atoms with E-state index in [1.165, 1.54) is 24.4 Å². The molecular formula is C10H7BrClFN2O2S2. The molecule has 0 spiro atoms. The Morgan fingerprint density at radius 1 is 1.47 bits per heavy atom. The first-order chi connectivity index (χ1) is 8.88. The summed E-state index contributed by atoms with van der Waals surface area (Å²) in [6.07, 6.45) is 1.18. The number of benzene rings is 1. The van der Waals surface area contributed by atoms with Gasteiger partial charge in [-0.1, -0.05) is 38.9 Å². The molecule has 9 heteroatoms. The van der Waals surface area contributed by atoms with Crippen molar-refractivity contribution in [1.82, 2.24) is 9.71 Å². The molecule has 0 radical (unpaired) electrons. The molecule has 102 valence electrons. The van der Waals surface area contributed by atoms with Gasteiger partial charge < -0.3 is 0 Å². The molecule has 2 aromatic rings. The number of hydrogen-bond donors (Lipinski definition) is 1. The third-order valence-corrected chi connectivity index (χ3v) is 5.93. The summed E-state index contributed by atoms with van der Waals surface area (Å²) >= 11 is 9.67. The largest absolute Gasteiger partial charge is 0.252 e. The molecule has 1 aromatic heterocycles. The summed E-state index contributed by atoms with van der Waals surface area (Å²) in [4.78, 5) is 3.67. The van der Waals surface area contributed by atoms with E-state index in [0.717, 1.165) is 11.3 Å². The zero-order chi connectivity index (χ0) is 14.0. The van der Waals surface area contributed by atoms with Crippen LogP contribution in [0.1, 0.15) is 5.56 Å². The second kappa shape index (κ2) is 5.84. The van der Waals surface area contributed by atoms with Gasteiger partial charge in [-0.3, -0.25) is 0 Å². The molecule has 1 aromatic carbocycles. The van der Waals surface area contributed by atoms with E-state index in [1.807, 2.05) is 0 Å². The maximum absolute atomic E-state index is 13.1. The molecule has 0 unspecified atom stereocenters. The van der Waals surface area contributed by atoms with Crippen LogP contribution >= 0.6 is 38.9 Å². The Hall–Kier alpha value is -0.540. The molecule has 4 nitrogen and oxygen atoms in total. The molecule has 0 amide bonds. The number of halogens is 3. The Labute approximate surface area is 126 Å². The Morgan fingerprint density at radius 3 is 2.84 bits per heavy atom. The summed E-state index contributed by atoms with van der Waals surface area (Å²) in [5.41, 5.74) is 0.499. The standard InChI is InChI=1S/C10H7BrClFN2O2S2/c11-8-2-1-7(13)3-6(8)4-15-19(16,17)9-5-14-10(12)18-9/h1-3,5,15H,4H2. The predicted octanol–water partition coefficient (Wildman–Crippen LogP) is 3.18. The lowest BCUT2D eigenvalue weighted by atomic mass is 10.2. The fraction of sp³-hybridized carbons (Fsp3) is 0.100. The predicted molar refractivity (Wildman–Crippen MR) is 75.2 cm³/mol. The van der Waals surface area contributed by atoms with Crippen LogP contribution in [0.3, 0.4) is 0 Å². The van der Waals surface area contributed by atoms with Gasteiger partial charge in [-0.05, 0) is 23.8 Å². The normalized spacial score (nSPS) is 11.7. The maximum atomic E-state index is 13.1. The highest BCUT2D eigenvalue weighted by molar-refractivity contribution is 9.10. The zero-order valence-electron chi connectivity index (χ0n) is 9.23. The molecular weight excluding hydrogens is 379 g/mol.